The first-order chi connectivity index (χ1) is 8.56. The van der Waals surface area contributed by atoms with E-state index in [0.29, 0.717) is 17.4 Å². The van der Waals surface area contributed by atoms with Gasteiger partial charge in [-0.2, -0.15) is 4.98 Å². The molecule has 94 valence electrons. The van der Waals surface area contributed by atoms with Crippen molar-refractivity contribution in [1.82, 2.24) is 14.5 Å². The van der Waals surface area contributed by atoms with Crippen LogP contribution in [0.3, 0.4) is 0 Å². The van der Waals surface area contributed by atoms with Crippen LogP contribution in [0.25, 0.3) is 5.95 Å². The Kier molecular flexibility index (Phi) is 3.14. The Morgan fingerprint density at radius 2 is 1.94 bits per heavy atom. The molecule has 0 atom stereocenters. The number of rotatable bonds is 3. The molecule has 0 fully saturated rings. The summed E-state index contributed by atoms with van der Waals surface area (Å²) in [6, 6.07) is 3.58. The third-order valence-corrected chi connectivity index (χ3v) is 2.83. The third-order valence-electron chi connectivity index (χ3n) is 2.83. The van der Waals surface area contributed by atoms with Crippen LogP contribution in [-0.4, -0.2) is 27.9 Å². The number of nitrogens with zero attached hydrogens (tertiary/aromatic N) is 3. The molecule has 0 aliphatic heterocycles. The summed E-state index contributed by atoms with van der Waals surface area (Å²) in [5, 5.41) is 0. The molecule has 0 spiro atoms. The molecule has 0 bridgehead atoms. The molecule has 2 aromatic heterocycles. The molecule has 2 aromatic rings. The van der Waals surface area contributed by atoms with Gasteiger partial charge in [-0.3, -0.25) is 9.36 Å². The predicted octanol–water partition coefficient (Wildman–Crippen LogP) is 2.01. The van der Waals surface area contributed by atoms with Gasteiger partial charge in [0.05, 0.1) is 7.11 Å². The van der Waals surface area contributed by atoms with Gasteiger partial charge in [0.15, 0.2) is 6.29 Å². The lowest BCUT2D eigenvalue weighted by atomic mass is 10.3. The zero-order valence-corrected chi connectivity index (χ0v) is 10.9. The summed E-state index contributed by atoms with van der Waals surface area (Å²) in [7, 11) is 1.57. The van der Waals surface area contributed by atoms with E-state index >= 15 is 0 Å². The molecule has 0 unspecified atom stereocenters. The van der Waals surface area contributed by atoms with E-state index in [1.807, 2.05) is 31.4 Å². The van der Waals surface area contributed by atoms with Crippen LogP contribution in [0.15, 0.2) is 12.1 Å². The molecule has 0 aliphatic rings. The highest BCUT2D eigenvalue weighted by atomic mass is 16.5. The van der Waals surface area contributed by atoms with Crippen molar-refractivity contribution in [1.29, 1.82) is 0 Å². The van der Waals surface area contributed by atoms with Crippen molar-refractivity contribution in [3.63, 3.8) is 0 Å². The second kappa shape index (κ2) is 4.60. The maximum absolute atomic E-state index is 10.9. The Labute approximate surface area is 105 Å². The highest BCUT2D eigenvalue weighted by Crippen LogP contribution is 2.19. The van der Waals surface area contributed by atoms with Crippen LogP contribution in [0.4, 0.5) is 0 Å². The van der Waals surface area contributed by atoms with Gasteiger partial charge in [-0.1, -0.05) is 0 Å². The fourth-order valence-corrected chi connectivity index (χ4v) is 1.94. The number of aldehydes is 1. The molecule has 0 saturated heterocycles. The van der Waals surface area contributed by atoms with Crippen LogP contribution < -0.4 is 4.74 Å². The van der Waals surface area contributed by atoms with Gasteiger partial charge in [0, 0.05) is 28.7 Å². The van der Waals surface area contributed by atoms with Gasteiger partial charge in [0.1, 0.15) is 0 Å². The van der Waals surface area contributed by atoms with Gasteiger partial charge in [0.25, 0.3) is 0 Å². The summed E-state index contributed by atoms with van der Waals surface area (Å²) in [6.07, 6.45) is 0.839. The van der Waals surface area contributed by atoms with E-state index < -0.39 is 0 Å². The Bertz CT molecular complexity index is 603. The molecular weight excluding hydrogens is 230 g/mol. The number of hydrogen-bond acceptors (Lipinski definition) is 4. The van der Waals surface area contributed by atoms with Gasteiger partial charge in [-0.05, 0) is 26.8 Å². The van der Waals surface area contributed by atoms with Crippen LogP contribution in [-0.2, 0) is 0 Å². The zero-order valence-electron chi connectivity index (χ0n) is 10.9. The number of hydrogen-bond donors (Lipinski definition) is 0. The van der Waals surface area contributed by atoms with E-state index in [-0.39, 0.29) is 0 Å². The molecule has 5 nitrogen and oxygen atoms in total. The minimum absolute atomic E-state index is 0.512. The van der Waals surface area contributed by atoms with Crippen molar-refractivity contribution in [3.05, 3.63) is 34.8 Å². The summed E-state index contributed by atoms with van der Waals surface area (Å²) >= 11 is 0. The lowest BCUT2D eigenvalue weighted by Gasteiger charge is -2.09. The highest BCUT2D eigenvalue weighted by Gasteiger charge is 2.13. The van der Waals surface area contributed by atoms with Crippen LogP contribution in [0.1, 0.15) is 27.4 Å². The molecule has 18 heavy (non-hydrogen) atoms. The first kappa shape index (κ1) is 12.3. The largest absolute Gasteiger partial charge is 0.481 e. The Morgan fingerprint density at radius 3 is 2.50 bits per heavy atom. The summed E-state index contributed by atoms with van der Waals surface area (Å²) < 4.78 is 6.98. The Morgan fingerprint density at radius 1 is 1.22 bits per heavy atom. The zero-order chi connectivity index (χ0) is 13.3. The fraction of sp³-hybridized carbons (Fsp3) is 0.308. The number of ether oxygens (including phenoxy) is 1. The van der Waals surface area contributed by atoms with Gasteiger partial charge in [-0.25, -0.2) is 4.98 Å². The highest BCUT2D eigenvalue weighted by molar-refractivity contribution is 5.77. The lowest BCUT2D eigenvalue weighted by Crippen LogP contribution is -2.07. The third kappa shape index (κ3) is 1.99. The van der Waals surface area contributed by atoms with Crippen molar-refractivity contribution < 1.29 is 9.53 Å². The first-order valence-electron chi connectivity index (χ1n) is 5.61. The predicted molar refractivity (Wildman–Crippen MR) is 67.5 cm³/mol. The summed E-state index contributed by atoms with van der Waals surface area (Å²) in [6.45, 7) is 5.66. The van der Waals surface area contributed by atoms with Gasteiger partial charge >= 0.3 is 0 Å². The van der Waals surface area contributed by atoms with Gasteiger partial charge < -0.3 is 4.74 Å². The Balaban J connectivity index is 2.65. The monoisotopic (exact) mass is 245 g/mol. The lowest BCUT2D eigenvalue weighted by molar-refractivity contribution is 0.112. The second-order valence-electron chi connectivity index (χ2n) is 4.13. The average molecular weight is 245 g/mol. The van der Waals surface area contributed by atoms with E-state index in [2.05, 4.69) is 9.97 Å². The standard InChI is InChI=1S/C13H15N3O2/c1-8-5-12(18-4)15-13(14-8)16-9(2)6-11(7-17)10(16)3/h5-7H,1-4H3. The molecule has 0 N–H and O–H groups in total. The molecule has 0 radical (unpaired) electrons. The van der Waals surface area contributed by atoms with E-state index in [4.69, 9.17) is 4.74 Å². The van der Waals surface area contributed by atoms with E-state index in [9.17, 15) is 4.79 Å². The van der Waals surface area contributed by atoms with Crippen LogP contribution in [0.5, 0.6) is 5.88 Å². The summed E-state index contributed by atoms with van der Waals surface area (Å²) in [5.41, 5.74) is 3.21. The van der Waals surface area contributed by atoms with Crippen molar-refractivity contribution in [2.75, 3.05) is 7.11 Å². The summed E-state index contributed by atoms with van der Waals surface area (Å²) in [5.74, 6) is 1.03. The number of carbonyl (C=O) groups excluding carboxylic acids is 1. The number of aryl methyl sites for hydroxylation is 2. The summed E-state index contributed by atoms with van der Waals surface area (Å²) in [4.78, 5) is 19.6. The molecule has 2 heterocycles. The topological polar surface area (TPSA) is 57.0 Å². The number of carbonyl (C=O) groups is 1. The fourth-order valence-electron chi connectivity index (χ4n) is 1.94. The van der Waals surface area contributed by atoms with E-state index in [1.54, 1.807) is 13.2 Å². The second-order valence-corrected chi connectivity index (χ2v) is 4.13. The van der Waals surface area contributed by atoms with Crippen molar-refractivity contribution in [3.8, 4) is 11.8 Å². The van der Waals surface area contributed by atoms with Crippen LogP contribution in [0.2, 0.25) is 0 Å². The Hall–Kier alpha value is -2.17. The first-order valence-corrected chi connectivity index (χ1v) is 5.61. The smallest absolute Gasteiger partial charge is 0.237 e. The molecule has 0 aromatic carbocycles. The van der Waals surface area contributed by atoms with Crippen molar-refractivity contribution in [2.45, 2.75) is 20.8 Å². The minimum Gasteiger partial charge on any atom is -0.481 e. The SMILES string of the molecule is COc1cc(C)nc(-n2c(C)cc(C=O)c2C)n1. The van der Waals surface area contributed by atoms with Crippen molar-refractivity contribution in [2.24, 2.45) is 0 Å². The quantitative estimate of drug-likeness (QED) is 0.776. The molecule has 5 heteroatoms. The molecule has 0 saturated carbocycles. The van der Waals surface area contributed by atoms with E-state index in [1.165, 1.54) is 0 Å². The number of aromatic nitrogens is 3. The molecule has 0 amide bonds. The molecule has 2 rings (SSSR count). The molecule has 0 aliphatic carbocycles. The average Bonchev–Trinajstić information content (AvgIpc) is 2.63. The minimum atomic E-state index is 0.512. The van der Waals surface area contributed by atoms with Crippen molar-refractivity contribution >= 4 is 6.29 Å². The number of methoxy groups -OCH3 is 1. The van der Waals surface area contributed by atoms with E-state index in [0.717, 1.165) is 23.4 Å². The van der Waals surface area contributed by atoms with Gasteiger partial charge in [0.2, 0.25) is 11.8 Å². The maximum Gasteiger partial charge on any atom is 0.237 e. The normalized spacial score (nSPS) is 10.4. The van der Waals surface area contributed by atoms with Crippen LogP contribution in [0, 0.1) is 20.8 Å². The maximum atomic E-state index is 10.9. The molecular formula is C13H15N3O2. The van der Waals surface area contributed by atoms with Crippen LogP contribution >= 0.6 is 0 Å². The van der Waals surface area contributed by atoms with Gasteiger partial charge in [-0.15, -0.1) is 0 Å².